The van der Waals surface area contributed by atoms with Gasteiger partial charge in [0.25, 0.3) is 0 Å². The van der Waals surface area contributed by atoms with Crippen LogP contribution in [0.4, 0.5) is 4.79 Å². The molecule has 48 valence electrons. The Morgan fingerprint density at radius 1 is 1.50 bits per heavy atom. The van der Waals surface area contributed by atoms with Gasteiger partial charge in [0.05, 0.1) is 0 Å². The van der Waals surface area contributed by atoms with E-state index in [1.165, 1.54) is 0 Å². The Morgan fingerprint density at radius 3 is 1.88 bits per heavy atom. The third-order valence-corrected chi connectivity index (χ3v) is 0.348. The predicted molar refractivity (Wildman–Crippen MR) is 20.4 cm³/mol. The first-order valence-corrected chi connectivity index (χ1v) is 1.49. The van der Waals surface area contributed by atoms with Crippen LogP contribution < -0.4 is 11.8 Å². The number of hydrogen-bond donors (Lipinski definition) is 3. The topological polar surface area (TPSA) is 111 Å². The van der Waals surface area contributed by atoms with Crippen molar-refractivity contribution >= 4 is 6.09 Å². The molecule has 0 bridgehead atoms. The fourth-order valence-electron chi connectivity index (χ4n) is 0.115. The maximum absolute atomic E-state index is 9.68. The van der Waals surface area contributed by atoms with Gasteiger partial charge in [0.2, 0.25) is 0 Å². The predicted octanol–water partition coefficient (Wildman–Crippen LogP) is -1.42. The van der Waals surface area contributed by atoms with E-state index >= 15 is 0 Å². The quantitative estimate of drug-likeness (QED) is 0.388. The van der Waals surface area contributed by atoms with Gasteiger partial charge in [-0.2, -0.15) is 21.7 Å². The maximum Gasteiger partial charge on any atom is 0.460 e. The van der Waals surface area contributed by atoms with Crippen LogP contribution in [0.2, 0.25) is 0 Å². The van der Waals surface area contributed by atoms with Crippen molar-refractivity contribution < 1.29 is 19.8 Å². The molecule has 1 amide bonds. The first-order valence-electron chi connectivity index (χ1n) is 1.49. The van der Waals surface area contributed by atoms with Crippen molar-refractivity contribution in [1.29, 1.82) is 0 Å². The SMILES string of the molecule is NON(ON)C(=O)O. The summed E-state index contributed by atoms with van der Waals surface area (Å²) >= 11 is 0. The largest absolute Gasteiger partial charge is 0.462 e. The van der Waals surface area contributed by atoms with Crippen LogP contribution >= 0.6 is 0 Å². The van der Waals surface area contributed by atoms with Crippen molar-refractivity contribution in [3.63, 3.8) is 0 Å². The van der Waals surface area contributed by atoms with Crippen molar-refractivity contribution in [2.45, 2.75) is 0 Å². The molecule has 0 fully saturated rings. The minimum Gasteiger partial charge on any atom is -0.462 e. The lowest BCUT2D eigenvalue weighted by molar-refractivity contribution is -0.341. The van der Waals surface area contributed by atoms with Crippen LogP contribution in [0.1, 0.15) is 0 Å². The molecule has 7 heteroatoms. The van der Waals surface area contributed by atoms with E-state index in [1.54, 1.807) is 0 Å². The maximum atomic E-state index is 9.68. The molecule has 0 radical (unpaired) electrons. The van der Waals surface area contributed by atoms with E-state index in [4.69, 9.17) is 5.11 Å². The normalized spacial score (nSPS) is 8.75. The van der Waals surface area contributed by atoms with E-state index in [0.29, 0.717) is 0 Å². The van der Waals surface area contributed by atoms with Crippen LogP contribution in [-0.2, 0) is 9.88 Å². The van der Waals surface area contributed by atoms with Crippen LogP contribution in [0, 0.1) is 0 Å². The summed E-state index contributed by atoms with van der Waals surface area (Å²) in [4.78, 5) is 16.8. The van der Waals surface area contributed by atoms with E-state index in [1.807, 2.05) is 0 Å². The molecule has 0 spiro atoms. The number of hydrogen-bond acceptors (Lipinski definition) is 5. The van der Waals surface area contributed by atoms with Crippen molar-refractivity contribution in [2.24, 2.45) is 11.8 Å². The van der Waals surface area contributed by atoms with Crippen molar-refractivity contribution in [2.75, 3.05) is 0 Å². The smallest absolute Gasteiger partial charge is 0.460 e. The molecular formula is CH5N3O4. The molecule has 0 aromatic carbocycles. The fourth-order valence-corrected chi connectivity index (χ4v) is 0.115. The van der Waals surface area contributed by atoms with E-state index in [-0.39, 0.29) is 5.23 Å². The molecule has 0 atom stereocenters. The zero-order chi connectivity index (χ0) is 6.57. The monoisotopic (exact) mass is 123 g/mol. The van der Waals surface area contributed by atoms with Crippen LogP contribution in [0.3, 0.4) is 0 Å². The summed E-state index contributed by atoms with van der Waals surface area (Å²) in [5.74, 6) is 8.65. The van der Waals surface area contributed by atoms with Gasteiger partial charge in [0, 0.05) is 0 Å². The molecule has 0 aliphatic rings. The Balaban J connectivity index is 3.52. The van der Waals surface area contributed by atoms with Crippen LogP contribution in [0.15, 0.2) is 0 Å². The third kappa shape index (κ3) is 1.71. The van der Waals surface area contributed by atoms with Crippen LogP contribution in [0.5, 0.6) is 0 Å². The van der Waals surface area contributed by atoms with E-state index in [0.717, 1.165) is 0 Å². The summed E-state index contributed by atoms with van der Waals surface area (Å²) in [7, 11) is 0. The zero-order valence-electron chi connectivity index (χ0n) is 3.77. The average molecular weight is 123 g/mol. The van der Waals surface area contributed by atoms with Gasteiger partial charge in [0.1, 0.15) is 0 Å². The first kappa shape index (κ1) is 7.11. The second-order valence-electron chi connectivity index (χ2n) is 0.751. The van der Waals surface area contributed by atoms with Crippen LogP contribution in [0.25, 0.3) is 0 Å². The van der Waals surface area contributed by atoms with Crippen molar-refractivity contribution in [3.05, 3.63) is 0 Å². The summed E-state index contributed by atoms with van der Waals surface area (Å²) in [6.45, 7) is 0. The van der Waals surface area contributed by atoms with Gasteiger partial charge in [-0.25, -0.2) is 4.79 Å². The number of nitrogens with zero attached hydrogens (tertiary/aromatic N) is 1. The molecule has 0 rings (SSSR count). The Bertz CT molecular complexity index is 79.4. The van der Waals surface area contributed by atoms with E-state index in [9.17, 15) is 4.79 Å². The Hall–Kier alpha value is -0.890. The molecular weight excluding hydrogens is 118 g/mol. The van der Waals surface area contributed by atoms with Gasteiger partial charge in [-0.05, 0) is 5.23 Å². The lowest BCUT2D eigenvalue weighted by Crippen LogP contribution is -2.34. The Morgan fingerprint density at radius 2 is 1.88 bits per heavy atom. The number of amides is 1. The number of nitrogens with two attached hydrogens (primary N) is 2. The van der Waals surface area contributed by atoms with Gasteiger partial charge in [-0.15, -0.1) is 0 Å². The summed E-state index contributed by atoms with van der Waals surface area (Å²) in [5, 5.41) is 7.78. The lowest BCUT2D eigenvalue weighted by Gasteiger charge is -2.07. The van der Waals surface area contributed by atoms with E-state index in [2.05, 4.69) is 21.7 Å². The molecule has 0 aliphatic heterocycles. The number of hydroxylamine groups is 2. The molecule has 0 saturated carbocycles. The fraction of sp³-hybridized carbons (Fsp3) is 0. The molecule has 0 saturated heterocycles. The van der Waals surface area contributed by atoms with Crippen LogP contribution in [-0.4, -0.2) is 16.4 Å². The molecule has 7 nitrogen and oxygen atoms in total. The Kier molecular flexibility index (Phi) is 2.80. The van der Waals surface area contributed by atoms with Gasteiger partial charge in [-0.1, -0.05) is 0 Å². The summed E-state index contributed by atoms with van der Waals surface area (Å²) in [5.41, 5.74) is 0. The molecule has 0 aromatic rings. The summed E-state index contributed by atoms with van der Waals surface area (Å²) in [6.07, 6.45) is -1.53. The van der Waals surface area contributed by atoms with Gasteiger partial charge in [0.15, 0.2) is 0 Å². The molecule has 0 heterocycles. The summed E-state index contributed by atoms with van der Waals surface area (Å²) in [6, 6.07) is 0. The van der Waals surface area contributed by atoms with Gasteiger partial charge >= 0.3 is 6.09 Å². The number of carbonyl (C=O) groups is 1. The van der Waals surface area contributed by atoms with Gasteiger partial charge < -0.3 is 5.11 Å². The number of rotatable bonds is 2. The second kappa shape index (κ2) is 3.16. The zero-order valence-corrected chi connectivity index (χ0v) is 3.77. The standard InChI is InChI=1S/CH5N3O4/c2-7-4(8-3)1(5)6/h2-3H2,(H,5,6). The Labute approximate surface area is 44.2 Å². The second-order valence-corrected chi connectivity index (χ2v) is 0.751. The van der Waals surface area contributed by atoms with E-state index < -0.39 is 6.09 Å². The minimum atomic E-state index is -1.53. The lowest BCUT2D eigenvalue weighted by atomic mass is 11.3. The van der Waals surface area contributed by atoms with Gasteiger partial charge in [-0.3, -0.25) is 0 Å². The molecule has 0 unspecified atom stereocenters. The van der Waals surface area contributed by atoms with Crippen molar-refractivity contribution in [1.82, 2.24) is 5.23 Å². The highest BCUT2D eigenvalue weighted by Gasteiger charge is 2.09. The first-order chi connectivity index (χ1) is 3.72. The molecule has 0 aliphatic carbocycles. The highest BCUT2D eigenvalue weighted by molar-refractivity contribution is 5.61. The molecule has 8 heavy (non-hydrogen) atoms. The average Bonchev–Trinajstić information content (AvgIpc) is 1.69. The summed E-state index contributed by atoms with van der Waals surface area (Å²) < 4.78 is 0. The van der Waals surface area contributed by atoms with Crippen molar-refractivity contribution in [3.8, 4) is 0 Å². The highest BCUT2D eigenvalue weighted by atomic mass is 17.1. The third-order valence-electron chi connectivity index (χ3n) is 0.348. The molecule has 5 N–H and O–H groups in total. The molecule has 0 aromatic heterocycles. The minimum absolute atomic E-state index is 0.111. The highest BCUT2D eigenvalue weighted by Crippen LogP contribution is 1.81. The number of carboxylic acid groups (broad SMARTS) is 1.